The van der Waals surface area contributed by atoms with Crippen molar-refractivity contribution < 1.29 is 14.3 Å². The van der Waals surface area contributed by atoms with Gasteiger partial charge in [0.2, 0.25) is 5.91 Å². The molecule has 0 spiro atoms. The first-order chi connectivity index (χ1) is 9.65. The highest BCUT2D eigenvalue weighted by atomic mass is 16.5. The standard InChI is InChI=1S/C15H22N2O3/c1-3-9-17(12-15(19)20-2)11-14(18)16-10-13-7-5-4-6-8-13/h4-8H,3,9-12H2,1-2H3,(H,16,18). The highest BCUT2D eigenvalue weighted by Crippen LogP contribution is 1.98. The van der Waals surface area contributed by atoms with Crippen LogP contribution in [-0.4, -0.2) is 43.5 Å². The quantitative estimate of drug-likeness (QED) is 0.726. The maximum Gasteiger partial charge on any atom is 0.319 e. The van der Waals surface area contributed by atoms with E-state index in [0.717, 1.165) is 12.0 Å². The molecule has 0 aliphatic rings. The third-order valence-corrected chi connectivity index (χ3v) is 2.82. The maximum atomic E-state index is 11.9. The molecular weight excluding hydrogens is 256 g/mol. The van der Waals surface area contributed by atoms with Gasteiger partial charge in [0.1, 0.15) is 0 Å². The van der Waals surface area contributed by atoms with E-state index in [-0.39, 0.29) is 25.0 Å². The number of carbonyl (C=O) groups excluding carboxylic acids is 2. The van der Waals surface area contributed by atoms with Crippen molar-refractivity contribution in [2.75, 3.05) is 26.7 Å². The lowest BCUT2D eigenvalue weighted by Crippen LogP contribution is -2.40. The summed E-state index contributed by atoms with van der Waals surface area (Å²) in [6, 6.07) is 9.71. The number of rotatable bonds is 8. The molecule has 20 heavy (non-hydrogen) atoms. The molecule has 5 heteroatoms. The number of carbonyl (C=O) groups is 2. The summed E-state index contributed by atoms with van der Waals surface area (Å²) in [6.45, 7) is 3.54. The van der Waals surface area contributed by atoms with Crippen molar-refractivity contribution in [3.8, 4) is 0 Å². The monoisotopic (exact) mass is 278 g/mol. The lowest BCUT2D eigenvalue weighted by Gasteiger charge is -2.19. The number of ether oxygens (including phenoxy) is 1. The number of amides is 1. The van der Waals surface area contributed by atoms with Gasteiger partial charge in [-0.05, 0) is 18.5 Å². The molecule has 0 bridgehead atoms. The number of benzene rings is 1. The Kier molecular flexibility index (Phi) is 7.35. The van der Waals surface area contributed by atoms with Crippen LogP contribution in [0, 0.1) is 0 Å². The van der Waals surface area contributed by atoms with Crippen molar-refractivity contribution in [2.24, 2.45) is 0 Å². The summed E-state index contributed by atoms with van der Waals surface area (Å²) in [7, 11) is 1.35. The summed E-state index contributed by atoms with van der Waals surface area (Å²) in [4.78, 5) is 24.9. The number of methoxy groups -OCH3 is 1. The fourth-order valence-electron chi connectivity index (χ4n) is 1.83. The SMILES string of the molecule is CCCN(CC(=O)NCc1ccccc1)CC(=O)OC. The average Bonchev–Trinajstić information content (AvgIpc) is 2.46. The van der Waals surface area contributed by atoms with Gasteiger partial charge in [0.15, 0.2) is 0 Å². The first kappa shape index (κ1) is 16.2. The van der Waals surface area contributed by atoms with Crippen LogP contribution in [0.15, 0.2) is 30.3 Å². The second-order valence-electron chi connectivity index (χ2n) is 4.55. The number of esters is 1. The molecular formula is C15H22N2O3. The van der Waals surface area contributed by atoms with Gasteiger partial charge >= 0.3 is 5.97 Å². The van der Waals surface area contributed by atoms with Crippen LogP contribution < -0.4 is 5.32 Å². The van der Waals surface area contributed by atoms with Gasteiger partial charge < -0.3 is 10.1 Å². The van der Waals surface area contributed by atoms with Gasteiger partial charge in [0.05, 0.1) is 20.2 Å². The molecule has 0 aliphatic heterocycles. The molecule has 1 aromatic rings. The van der Waals surface area contributed by atoms with Crippen LogP contribution in [0.5, 0.6) is 0 Å². The second-order valence-corrected chi connectivity index (χ2v) is 4.55. The van der Waals surface area contributed by atoms with Crippen LogP contribution in [0.1, 0.15) is 18.9 Å². The Morgan fingerprint density at radius 3 is 2.50 bits per heavy atom. The van der Waals surface area contributed by atoms with E-state index in [0.29, 0.717) is 13.1 Å². The minimum Gasteiger partial charge on any atom is -0.468 e. The summed E-state index contributed by atoms with van der Waals surface area (Å²) in [5.41, 5.74) is 1.05. The van der Waals surface area contributed by atoms with E-state index < -0.39 is 0 Å². The summed E-state index contributed by atoms with van der Waals surface area (Å²) in [6.07, 6.45) is 0.878. The normalized spacial score (nSPS) is 10.3. The van der Waals surface area contributed by atoms with Crippen LogP contribution >= 0.6 is 0 Å². The molecule has 0 saturated heterocycles. The summed E-state index contributed by atoms with van der Waals surface area (Å²) < 4.78 is 4.63. The predicted octanol–water partition coefficient (Wildman–Crippen LogP) is 1.19. The molecule has 0 unspecified atom stereocenters. The first-order valence-electron chi connectivity index (χ1n) is 6.75. The molecule has 0 heterocycles. The zero-order chi connectivity index (χ0) is 14.8. The molecule has 0 aliphatic carbocycles. The molecule has 0 saturated carbocycles. The molecule has 1 rings (SSSR count). The fourth-order valence-corrected chi connectivity index (χ4v) is 1.83. The maximum absolute atomic E-state index is 11.9. The molecule has 0 radical (unpaired) electrons. The van der Waals surface area contributed by atoms with Crippen LogP contribution in [0.25, 0.3) is 0 Å². The van der Waals surface area contributed by atoms with Crippen molar-refractivity contribution >= 4 is 11.9 Å². The Bertz CT molecular complexity index is 420. The molecule has 0 aromatic heterocycles. The Morgan fingerprint density at radius 1 is 1.20 bits per heavy atom. The van der Waals surface area contributed by atoms with Crippen molar-refractivity contribution in [1.82, 2.24) is 10.2 Å². The highest BCUT2D eigenvalue weighted by molar-refractivity contribution is 5.79. The Labute approximate surface area is 119 Å². The summed E-state index contributed by atoms with van der Waals surface area (Å²) >= 11 is 0. The molecule has 110 valence electrons. The minimum absolute atomic E-state index is 0.0915. The fraction of sp³-hybridized carbons (Fsp3) is 0.467. The lowest BCUT2D eigenvalue weighted by molar-refractivity contribution is -0.142. The lowest BCUT2D eigenvalue weighted by atomic mass is 10.2. The molecule has 1 amide bonds. The van der Waals surface area contributed by atoms with Crippen LogP contribution in [0.2, 0.25) is 0 Å². The number of nitrogens with one attached hydrogen (secondary N) is 1. The van der Waals surface area contributed by atoms with Gasteiger partial charge in [-0.3, -0.25) is 14.5 Å². The number of hydrogen-bond acceptors (Lipinski definition) is 4. The Hall–Kier alpha value is -1.88. The van der Waals surface area contributed by atoms with Crippen molar-refractivity contribution in [1.29, 1.82) is 0 Å². The third-order valence-electron chi connectivity index (χ3n) is 2.82. The average molecular weight is 278 g/mol. The largest absolute Gasteiger partial charge is 0.468 e. The van der Waals surface area contributed by atoms with Gasteiger partial charge in [0, 0.05) is 6.54 Å². The predicted molar refractivity (Wildman–Crippen MR) is 77.0 cm³/mol. The molecule has 5 nitrogen and oxygen atoms in total. The first-order valence-corrected chi connectivity index (χ1v) is 6.75. The zero-order valence-electron chi connectivity index (χ0n) is 12.1. The van der Waals surface area contributed by atoms with Crippen molar-refractivity contribution in [3.05, 3.63) is 35.9 Å². The van der Waals surface area contributed by atoms with E-state index in [1.807, 2.05) is 37.3 Å². The topological polar surface area (TPSA) is 58.6 Å². The van der Waals surface area contributed by atoms with E-state index in [1.165, 1.54) is 7.11 Å². The minimum atomic E-state index is -0.325. The van der Waals surface area contributed by atoms with E-state index in [1.54, 1.807) is 4.90 Å². The molecule has 0 fully saturated rings. The Morgan fingerprint density at radius 2 is 1.90 bits per heavy atom. The molecule has 1 N–H and O–H groups in total. The van der Waals surface area contributed by atoms with Crippen LogP contribution in [-0.2, 0) is 20.9 Å². The smallest absolute Gasteiger partial charge is 0.319 e. The second kappa shape index (κ2) is 9.09. The third kappa shape index (κ3) is 6.33. The van der Waals surface area contributed by atoms with Crippen LogP contribution in [0.4, 0.5) is 0 Å². The van der Waals surface area contributed by atoms with Gasteiger partial charge in [-0.2, -0.15) is 0 Å². The van der Waals surface area contributed by atoms with Crippen molar-refractivity contribution in [3.63, 3.8) is 0 Å². The van der Waals surface area contributed by atoms with Gasteiger partial charge in [-0.1, -0.05) is 37.3 Å². The summed E-state index contributed by atoms with van der Waals surface area (Å²) in [5, 5.41) is 2.85. The number of nitrogens with zero attached hydrogens (tertiary/aromatic N) is 1. The van der Waals surface area contributed by atoms with Gasteiger partial charge in [-0.25, -0.2) is 0 Å². The van der Waals surface area contributed by atoms with E-state index in [4.69, 9.17) is 0 Å². The van der Waals surface area contributed by atoms with E-state index in [9.17, 15) is 9.59 Å². The molecule has 0 atom stereocenters. The van der Waals surface area contributed by atoms with E-state index in [2.05, 4.69) is 10.1 Å². The number of hydrogen-bond donors (Lipinski definition) is 1. The van der Waals surface area contributed by atoms with Gasteiger partial charge in [0.25, 0.3) is 0 Å². The zero-order valence-corrected chi connectivity index (χ0v) is 12.1. The highest BCUT2D eigenvalue weighted by Gasteiger charge is 2.13. The van der Waals surface area contributed by atoms with Crippen molar-refractivity contribution in [2.45, 2.75) is 19.9 Å². The Balaban J connectivity index is 2.39. The summed E-state index contributed by atoms with van der Waals surface area (Å²) in [5.74, 6) is -0.416. The molecule has 1 aromatic carbocycles. The van der Waals surface area contributed by atoms with Crippen LogP contribution in [0.3, 0.4) is 0 Å². The van der Waals surface area contributed by atoms with E-state index >= 15 is 0 Å². The van der Waals surface area contributed by atoms with Gasteiger partial charge in [-0.15, -0.1) is 0 Å².